The van der Waals surface area contributed by atoms with Crippen LogP contribution in [0.1, 0.15) is 67.2 Å². The predicted molar refractivity (Wildman–Crippen MR) is 64.4 cm³/mol. The summed E-state index contributed by atoms with van der Waals surface area (Å²) in [6.07, 6.45) is 5.70. The minimum atomic E-state index is 0.500. The van der Waals surface area contributed by atoms with Gasteiger partial charge in [-0.1, -0.05) is 48.0 Å². The molecular weight excluding hydrogens is 168 g/mol. The monoisotopic (exact) mass is 196 g/mol. The van der Waals surface area contributed by atoms with Crippen LogP contribution in [0.15, 0.2) is 0 Å². The van der Waals surface area contributed by atoms with Gasteiger partial charge in [-0.3, -0.25) is 0 Å². The van der Waals surface area contributed by atoms with E-state index in [0.29, 0.717) is 10.8 Å². The van der Waals surface area contributed by atoms with Gasteiger partial charge in [-0.15, -0.1) is 0 Å². The molecule has 2 unspecified atom stereocenters. The zero-order chi connectivity index (χ0) is 11.0. The molecule has 0 spiro atoms. The fraction of sp³-hybridized carbons (Fsp3) is 1.00. The molecule has 14 heavy (non-hydrogen) atoms. The summed E-state index contributed by atoms with van der Waals surface area (Å²) in [6, 6.07) is 0. The van der Waals surface area contributed by atoms with Crippen molar-refractivity contribution in [1.82, 2.24) is 0 Å². The highest BCUT2D eigenvalue weighted by Gasteiger charge is 2.35. The van der Waals surface area contributed by atoms with Crippen molar-refractivity contribution in [3.63, 3.8) is 0 Å². The molecule has 0 radical (unpaired) electrons. The molecule has 0 heterocycles. The first-order chi connectivity index (χ1) is 6.22. The maximum absolute atomic E-state index is 2.46. The van der Waals surface area contributed by atoms with Crippen LogP contribution in [0.3, 0.4) is 0 Å². The van der Waals surface area contributed by atoms with Crippen molar-refractivity contribution >= 4 is 0 Å². The van der Waals surface area contributed by atoms with Crippen molar-refractivity contribution < 1.29 is 0 Å². The maximum atomic E-state index is 2.46. The van der Waals surface area contributed by atoms with Gasteiger partial charge in [0.2, 0.25) is 0 Å². The van der Waals surface area contributed by atoms with Gasteiger partial charge < -0.3 is 0 Å². The summed E-state index contributed by atoms with van der Waals surface area (Å²) in [4.78, 5) is 0. The molecule has 0 N–H and O–H groups in total. The van der Waals surface area contributed by atoms with E-state index in [1.807, 2.05) is 0 Å². The summed E-state index contributed by atoms with van der Waals surface area (Å²) >= 11 is 0. The molecule has 0 aliphatic heterocycles. The van der Waals surface area contributed by atoms with Crippen molar-refractivity contribution in [2.24, 2.45) is 22.7 Å². The molecule has 0 amide bonds. The second-order valence-corrected chi connectivity index (χ2v) is 7.21. The molecule has 0 aromatic carbocycles. The lowest BCUT2D eigenvalue weighted by atomic mass is 9.70. The number of hydrogen-bond acceptors (Lipinski definition) is 0. The minimum Gasteiger partial charge on any atom is -0.0622 e. The van der Waals surface area contributed by atoms with Crippen LogP contribution >= 0.6 is 0 Å². The fourth-order valence-corrected chi connectivity index (χ4v) is 3.49. The molecule has 0 aromatic heterocycles. The molecule has 0 aromatic rings. The quantitative estimate of drug-likeness (QED) is 0.484. The molecule has 1 rings (SSSR count). The van der Waals surface area contributed by atoms with E-state index in [1.165, 1.54) is 25.7 Å². The lowest BCUT2D eigenvalue weighted by molar-refractivity contribution is 0.141. The summed E-state index contributed by atoms with van der Waals surface area (Å²) in [7, 11) is 0. The molecule has 0 bridgehead atoms. The van der Waals surface area contributed by atoms with Crippen molar-refractivity contribution in [3.8, 4) is 0 Å². The fourth-order valence-electron chi connectivity index (χ4n) is 3.49. The molecular formula is C14H28. The van der Waals surface area contributed by atoms with Crippen LogP contribution in [0.25, 0.3) is 0 Å². The second kappa shape index (κ2) is 3.87. The Morgan fingerprint density at radius 2 is 1.71 bits per heavy atom. The van der Waals surface area contributed by atoms with E-state index in [2.05, 4.69) is 41.5 Å². The van der Waals surface area contributed by atoms with Crippen molar-refractivity contribution in [2.75, 3.05) is 0 Å². The Morgan fingerprint density at radius 1 is 1.14 bits per heavy atom. The van der Waals surface area contributed by atoms with Gasteiger partial charge in [-0.05, 0) is 41.9 Å². The molecule has 1 aliphatic rings. The Labute approximate surface area is 90.5 Å². The van der Waals surface area contributed by atoms with Gasteiger partial charge in [-0.2, -0.15) is 0 Å². The van der Waals surface area contributed by atoms with Crippen molar-refractivity contribution in [3.05, 3.63) is 0 Å². The Hall–Kier alpha value is 0. The zero-order valence-corrected chi connectivity index (χ0v) is 11.0. The molecule has 0 heteroatoms. The van der Waals surface area contributed by atoms with Crippen LogP contribution in [-0.4, -0.2) is 0 Å². The SMILES string of the molecule is CC1CC(C)(C)CCCC1C(C)(C)C. The number of hydrogen-bond donors (Lipinski definition) is 0. The summed E-state index contributed by atoms with van der Waals surface area (Å²) in [5.41, 5.74) is 1.08. The van der Waals surface area contributed by atoms with E-state index < -0.39 is 0 Å². The van der Waals surface area contributed by atoms with E-state index in [1.54, 1.807) is 0 Å². The Kier molecular flexibility index (Phi) is 3.33. The third-order valence-electron chi connectivity index (χ3n) is 4.04. The lowest BCUT2D eigenvalue weighted by Crippen LogP contribution is -2.27. The summed E-state index contributed by atoms with van der Waals surface area (Å²) in [5, 5.41) is 0. The average molecular weight is 196 g/mol. The van der Waals surface area contributed by atoms with Gasteiger partial charge in [0, 0.05) is 0 Å². The molecule has 1 saturated carbocycles. The minimum absolute atomic E-state index is 0.500. The first-order valence-electron chi connectivity index (χ1n) is 6.22. The van der Waals surface area contributed by atoms with Gasteiger partial charge in [0.25, 0.3) is 0 Å². The topological polar surface area (TPSA) is 0 Å². The molecule has 2 atom stereocenters. The first kappa shape index (κ1) is 12.1. The summed E-state index contributed by atoms with van der Waals surface area (Å²) in [5.74, 6) is 1.82. The standard InChI is InChI=1S/C14H28/c1-11-10-14(5,6)9-7-8-12(11)13(2,3)4/h11-12H,7-10H2,1-6H3. The van der Waals surface area contributed by atoms with Crippen LogP contribution in [-0.2, 0) is 0 Å². The van der Waals surface area contributed by atoms with E-state index in [4.69, 9.17) is 0 Å². The van der Waals surface area contributed by atoms with E-state index in [0.717, 1.165) is 11.8 Å². The molecule has 0 saturated heterocycles. The highest BCUT2D eigenvalue weighted by molar-refractivity contribution is 4.85. The van der Waals surface area contributed by atoms with Crippen molar-refractivity contribution in [2.45, 2.75) is 67.2 Å². The average Bonchev–Trinajstić information content (AvgIpc) is 2.05. The lowest BCUT2D eigenvalue weighted by Gasteiger charge is -2.36. The zero-order valence-electron chi connectivity index (χ0n) is 11.0. The molecule has 1 fully saturated rings. The van der Waals surface area contributed by atoms with Crippen LogP contribution < -0.4 is 0 Å². The Bertz CT molecular complexity index is 183. The maximum Gasteiger partial charge on any atom is -0.0339 e. The first-order valence-corrected chi connectivity index (χ1v) is 6.22. The Balaban J connectivity index is 2.73. The predicted octanol–water partition coefficient (Wildman–Crippen LogP) is 4.89. The van der Waals surface area contributed by atoms with Gasteiger partial charge in [0.05, 0.1) is 0 Å². The van der Waals surface area contributed by atoms with E-state index >= 15 is 0 Å². The van der Waals surface area contributed by atoms with Gasteiger partial charge in [-0.25, -0.2) is 0 Å². The summed E-state index contributed by atoms with van der Waals surface area (Å²) in [6.45, 7) is 14.6. The third-order valence-corrected chi connectivity index (χ3v) is 4.04. The molecule has 1 aliphatic carbocycles. The molecule has 0 nitrogen and oxygen atoms in total. The third kappa shape index (κ3) is 3.00. The van der Waals surface area contributed by atoms with Gasteiger partial charge in [0.15, 0.2) is 0 Å². The van der Waals surface area contributed by atoms with E-state index in [-0.39, 0.29) is 0 Å². The van der Waals surface area contributed by atoms with Gasteiger partial charge in [0.1, 0.15) is 0 Å². The number of rotatable bonds is 0. The van der Waals surface area contributed by atoms with Gasteiger partial charge >= 0.3 is 0 Å². The van der Waals surface area contributed by atoms with Crippen molar-refractivity contribution in [1.29, 1.82) is 0 Å². The largest absolute Gasteiger partial charge is 0.0622 e. The smallest absolute Gasteiger partial charge is 0.0339 e. The highest BCUT2D eigenvalue weighted by atomic mass is 14.4. The molecule has 84 valence electrons. The van der Waals surface area contributed by atoms with Crippen LogP contribution in [0.4, 0.5) is 0 Å². The van der Waals surface area contributed by atoms with Crippen LogP contribution in [0.5, 0.6) is 0 Å². The normalized spacial score (nSPS) is 33.9. The van der Waals surface area contributed by atoms with E-state index in [9.17, 15) is 0 Å². The van der Waals surface area contributed by atoms with Crippen LogP contribution in [0, 0.1) is 22.7 Å². The second-order valence-electron chi connectivity index (χ2n) is 7.21. The van der Waals surface area contributed by atoms with Crippen LogP contribution in [0.2, 0.25) is 0 Å². The highest BCUT2D eigenvalue weighted by Crippen LogP contribution is 2.45. The summed E-state index contributed by atoms with van der Waals surface area (Å²) < 4.78 is 0. The Morgan fingerprint density at radius 3 is 2.21 bits per heavy atom.